The van der Waals surface area contributed by atoms with Crippen molar-refractivity contribution in [3.05, 3.63) is 83.8 Å². The lowest BCUT2D eigenvalue weighted by Gasteiger charge is -2.19. The molecule has 0 unspecified atom stereocenters. The van der Waals surface area contributed by atoms with Gasteiger partial charge in [0, 0.05) is 24.0 Å². The number of anilines is 2. The Bertz CT molecular complexity index is 1280. The second kappa shape index (κ2) is 9.12. The molecule has 168 valence electrons. The van der Waals surface area contributed by atoms with Gasteiger partial charge in [0.1, 0.15) is 23.4 Å². The first-order valence-corrected chi connectivity index (χ1v) is 10.5. The predicted molar refractivity (Wildman–Crippen MR) is 127 cm³/mol. The lowest BCUT2D eigenvalue weighted by Crippen LogP contribution is -2.32. The summed E-state index contributed by atoms with van der Waals surface area (Å²) in [6, 6.07) is 16.6. The number of nitrogens with one attached hydrogen (secondary N) is 3. The molecule has 0 fully saturated rings. The number of ether oxygens (including phenoxy) is 1. The number of carbonyl (C=O) groups is 2. The molecule has 0 spiro atoms. The molecule has 0 radical (unpaired) electrons. The number of benzene rings is 2. The number of fused-ring (bicyclic) bond motifs is 1. The van der Waals surface area contributed by atoms with Gasteiger partial charge in [-0.1, -0.05) is 42.5 Å². The zero-order valence-corrected chi connectivity index (χ0v) is 18.7. The molecule has 3 N–H and O–H groups in total. The summed E-state index contributed by atoms with van der Waals surface area (Å²) in [7, 11) is 0. The van der Waals surface area contributed by atoms with Crippen LogP contribution in [0.15, 0.2) is 67.1 Å². The Kier molecular flexibility index (Phi) is 6.08. The lowest BCUT2D eigenvalue weighted by atomic mass is 10.0. The van der Waals surface area contributed by atoms with Crippen LogP contribution in [0.4, 0.5) is 16.3 Å². The summed E-state index contributed by atoms with van der Waals surface area (Å²) in [4.78, 5) is 36.5. The van der Waals surface area contributed by atoms with E-state index in [1.807, 2.05) is 63.2 Å². The van der Waals surface area contributed by atoms with Crippen LogP contribution in [-0.2, 0) is 11.3 Å². The van der Waals surface area contributed by atoms with Gasteiger partial charge in [-0.05, 0) is 38.5 Å². The Morgan fingerprint density at radius 3 is 2.42 bits per heavy atom. The van der Waals surface area contributed by atoms with E-state index in [2.05, 4.69) is 25.6 Å². The molecule has 0 aliphatic heterocycles. The van der Waals surface area contributed by atoms with Crippen LogP contribution in [0, 0.1) is 0 Å². The highest BCUT2D eigenvalue weighted by atomic mass is 16.6. The van der Waals surface area contributed by atoms with Crippen LogP contribution in [-0.4, -0.2) is 32.4 Å². The number of H-pyrrole nitrogens is 1. The molecule has 8 heteroatoms. The van der Waals surface area contributed by atoms with Crippen molar-refractivity contribution in [3.8, 4) is 0 Å². The molecule has 0 bridgehead atoms. The Morgan fingerprint density at radius 1 is 1.00 bits per heavy atom. The number of amides is 1. The Labute approximate surface area is 191 Å². The molecule has 0 atom stereocenters. The van der Waals surface area contributed by atoms with Gasteiger partial charge >= 0.3 is 6.09 Å². The molecule has 0 aliphatic carbocycles. The minimum atomic E-state index is -0.542. The standard InChI is InChI=1S/C25H25N5O3/c1-25(2,3)33-24(32)27-13-16-9-11-18(12-10-16)30-23-20-19(14-26-22(20)28-15-29-23)21(31)17-7-5-4-6-8-17/h4-12,14-15H,13H2,1-3H3,(H,27,32)(H2,26,28,29,30). The van der Waals surface area contributed by atoms with E-state index in [9.17, 15) is 9.59 Å². The minimum absolute atomic E-state index is 0.108. The average molecular weight is 444 g/mol. The van der Waals surface area contributed by atoms with Crippen molar-refractivity contribution in [2.24, 2.45) is 0 Å². The van der Waals surface area contributed by atoms with E-state index in [1.165, 1.54) is 6.33 Å². The number of carbonyl (C=O) groups excluding carboxylic acids is 2. The molecule has 2 aromatic carbocycles. The maximum atomic E-state index is 13.0. The zero-order valence-electron chi connectivity index (χ0n) is 18.7. The normalized spacial score (nSPS) is 11.2. The van der Waals surface area contributed by atoms with Crippen LogP contribution >= 0.6 is 0 Å². The molecule has 0 saturated heterocycles. The van der Waals surface area contributed by atoms with E-state index < -0.39 is 11.7 Å². The number of hydrogen-bond acceptors (Lipinski definition) is 6. The topological polar surface area (TPSA) is 109 Å². The second-order valence-electron chi connectivity index (χ2n) is 8.52. The van der Waals surface area contributed by atoms with Crippen molar-refractivity contribution in [2.45, 2.75) is 32.9 Å². The third kappa shape index (κ3) is 5.35. The highest BCUT2D eigenvalue weighted by Crippen LogP contribution is 2.28. The number of aromatic nitrogens is 3. The van der Waals surface area contributed by atoms with Crippen LogP contribution in [0.1, 0.15) is 42.3 Å². The monoisotopic (exact) mass is 443 g/mol. The van der Waals surface area contributed by atoms with Gasteiger partial charge < -0.3 is 20.4 Å². The summed E-state index contributed by atoms with van der Waals surface area (Å²) in [5.41, 5.74) is 2.83. The van der Waals surface area contributed by atoms with Gasteiger partial charge in [0.15, 0.2) is 5.78 Å². The molecule has 4 aromatic rings. The largest absolute Gasteiger partial charge is 0.444 e. The molecular weight excluding hydrogens is 418 g/mol. The fourth-order valence-corrected chi connectivity index (χ4v) is 3.31. The molecular formula is C25H25N5O3. The Morgan fingerprint density at radius 2 is 1.73 bits per heavy atom. The zero-order chi connectivity index (χ0) is 23.4. The van der Waals surface area contributed by atoms with Crippen LogP contribution in [0.3, 0.4) is 0 Å². The predicted octanol–water partition coefficient (Wildman–Crippen LogP) is 4.96. The van der Waals surface area contributed by atoms with E-state index in [-0.39, 0.29) is 5.78 Å². The van der Waals surface area contributed by atoms with Gasteiger partial charge in [-0.2, -0.15) is 0 Å². The second-order valence-corrected chi connectivity index (χ2v) is 8.52. The first-order chi connectivity index (χ1) is 15.8. The van der Waals surface area contributed by atoms with Gasteiger partial charge in [-0.15, -0.1) is 0 Å². The minimum Gasteiger partial charge on any atom is -0.444 e. The number of hydrogen-bond donors (Lipinski definition) is 3. The Hall–Kier alpha value is -4.20. The highest BCUT2D eigenvalue weighted by Gasteiger charge is 2.19. The summed E-state index contributed by atoms with van der Waals surface area (Å²) >= 11 is 0. The van der Waals surface area contributed by atoms with E-state index in [4.69, 9.17) is 4.74 Å². The molecule has 0 saturated carbocycles. The molecule has 0 aliphatic rings. The quantitative estimate of drug-likeness (QED) is 0.364. The van der Waals surface area contributed by atoms with E-state index in [0.717, 1.165) is 11.3 Å². The maximum absolute atomic E-state index is 13.0. The van der Waals surface area contributed by atoms with Gasteiger partial charge in [0.25, 0.3) is 0 Å². The molecule has 2 aromatic heterocycles. The average Bonchev–Trinajstić information content (AvgIpc) is 3.23. The first-order valence-electron chi connectivity index (χ1n) is 10.5. The number of aromatic amines is 1. The van der Waals surface area contributed by atoms with Crippen molar-refractivity contribution in [3.63, 3.8) is 0 Å². The maximum Gasteiger partial charge on any atom is 0.407 e. The molecule has 33 heavy (non-hydrogen) atoms. The third-order valence-corrected chi connectivity index (χ3v) is 4.80. The molecule has 2 heterocycles. The van der Waals surface area contributed by atoms with E-state index in [0.29, 0.717) is 34.5 Å². The van der Waals surface area contributed by atoms with E-state index in [1.54, 1.807) is 18.3 Å². The van der Waals surface area contributed by atoms with Crippen LogP contribution in [0.2, 0.25) is 0 Å². The van der Waals surface area contributed by atoms with Crippen molar-refractivity contribution in [1.82, 2.24) is 20.3 Å². The molecule has 8 nitrogen and oxygen atoms in total. The Balaban J connectivity index is 1.51. The summed E-state index contributed by atoms with van der Waals surface area (Å²) < 4.78 is 5.25. The number of rotatable bonds is 6. The SMILES string of the molecule is CC(C)(C)OC(=O)NCc1ccc(Nc2ncnc3[nH]cc(C(=O)c4ccccc4)c23)cc1. The first kappa shape index (κ1) is 22.0. The third-order valence-electron chi connectivity index (χ3n) is 4.80. The van der Waals surface area contributed by atoms with Gasteiger partial charge in [0.2, 0.25) is 0 Å². The van der Waals surface area contributed by atoms with Gasteiger partial charge in [-0.25, -0.2) is 14.8 Å². The summed E-state index contributed by atoms with van der Waals surface area (Å²) in [6.45, 7) is 5.81. The van der Waals surface area contributed by atoms with Gasteiger partial charge in [-0.3, -0.25) is 4.79 Å². The summed E-state index contributed by atoms with van der Waals surface area (Å²) in [5.74, 6) is 0.420. The fourth-order valence-electron chi connectivity index (χ4n) is 3.31. The van der Waals surface area contributed by atoms with Gasteiger partial charge in [0.05, 0.1) is 10.9 Å². The number of nitrogens with zero attached hydrogens (tertiary/aromatic N) is 2. The van der Waals surface area contributed by atoms with Crippen molar-refractivity contribution < 1.29 is 14.3 Å². The lowest BCUT2D eigenvalue weighted by molar-refractivity contribution is 0.0523. The van der Waals surface area contributed by atoms with Crippen LogP contribution in [0.5, 0.6) is 0 Å². The molecule has 1 amide bonds. The van der Waals surface area contributed by atoms with Crippen LogP contribution in [0.25, 0.3) is 11.0 Å². The van der Waals surface area contributed by atoms with E-state index >= 15 is 0 Å². The van der Waals surface area contributed by atoms with Crippen molar-refractivity contribution in [2.75, 3.05) is 5.32 Å². The fraction of sp³-hybridized carbons (Fsp3) is 0.200. The molecule has 4 rings (SSSR count). The highest BCUT2D eigenvalue weighted by molar-refractivity contribution is 6.18. The number of alkyl carbamates (subject to hydrolysis) is 1. The van der Waals surface area contributed by atoms with Crippen molar-refractivity contribution >= 4 is 34.4 Å². The summed E-state index contributed by atoms with van der Waals surface area (Å²) in [6.07, 6.45) is 2.64. The van der Waals surface area contributed by atoms with Crippen molar-refractivity contribution in [1.29, 1.82) is 0 Å². The summed E-state index contributed by atoms with van der Waals surface area (Å²) in [5, 5.41) is 6.63. The number of ketones is 1. The smallest absolute Gasteiger partial charge is 0.407 e. The van der Waals surface area contributed by atoms with Crippen LogP contribution < -0.4 is 10.6 Å².